The summed E-state index contributed by atoms with van der Waals surface area (Å²) in [4.78, 5) is 29.2. The Morgan fingerprint density at radius 1 is 1.09 bits per heavy atom. The van der Waals surface area contributed by atoms with E-state index in [0.717, 1.165) is 58.1 Å². The van der Waals surface area contributed by atoms with Crippen molar-refractivity contribution >= 4 is 27.8 Å². The van der Waals surface area contributed by atoms with Gasteiger partial charge in [0.2, 0.25) is 5.91 Å². The number of hydrogen-bond acceptors (Lipinski definition) is 5. The van der Waals surface area contributed by atoms with Crippen molar-refractivity contribution in [1.29, 1.82) is 0 Å². The van der Waals surface area contributed by atoms with Gasteiger partial charge in [0.05, 0.1) is 0 Å². The van der Waals surface area contributed by atoms with Crippen LogP contribution >= 0.6 is 0 Å². The zero-order valence-corrected chi connectivity index (χ0v) is 18.4. The molecule has 0 aliphatic heterocycles. The standard InChI is InChI=1S/C26H26N2O4/c1-15-18(9-10-23(29)28-14-17-6-5-11-27-13-17)26(30)32-24-16(2)25-21(12-20(15)24)19-7-3-4-8-22(19)31-25/h5-6,11-13H,3-4,7-10,14H2,1-2H3,(H,28,29). The molecule has 6 heteroatoms. The van der Waals surface area contributed by atoms with Crippen LogP contribution in [0.2, 0.25) is 0 Å². The largest absolute Gasteiger partial charge is 0.460 e. The Morgan fingerprint density at radius 3 is 2.72 bits per heavy atom. The third-order valence-corrected chi connectivity index (χ3v) is 6.54. The SMILES string of the molecule is Cc1c(CCC(=O)NCc2cccnc2)c(=O)oc2c(C)c3oc4c(c3cc12)CCCC4. The van der Waals surface area contributed by atoms with Gasteiger partial charge in [0, 0.05) is 59.2 Å². The normalized spacial score (nSPS) is 13.4. The van der Waals surface area contributed by atoms with Gasteiger partial charge < -0.3 is 14.2 Å². The fraction of sp³-hybridized carbons (Fsp3) is 0.346. The van der Waals surface area contributed by atoms with Crippen molar-refractivity contribution in [2.75, 3.05) is 0 Å². The Hall–Kier alpha value is -3.41. The van der Waals surface area contributed by atoms with E-state index in [1.165, 1.54) is 12.0 Å². The van der Waals surface area contributed by atoms with Gasteiger partial charge >= 0.3 is 5.63 Å². The highest BCUT2D eigenvalue weighted by Crippen LogP contribution is 2.37. The molecule has 0 bridgehead atoms. The summed E-state index contributed by atoms with van der Waals surface area (Å²) in [6.07, 6.45) is 8.27. The zero-order chi connectivity index (χ0) is 22.2. The highest BCUT2D eigenvalue weighted by atomic mass is 16.4. The summed E-state index contributed by atoms with van der Waals surface area (Å²) in [7, 11) is 0. The first-order valence-corrected chi connectivity index (χ1v) is 11.2. The first kappa shape index (κ1) is 20.5. The van der Waals surface area contributed by atoms with Crippen molar-refractivity contribution < 1.29 is 13.6 Å². The van der Waals surface area contributed by atoms with Crippen molar-refractivity contribution in [2.45, 2.75) is 58.9 Å². The second-order valence-electron chi connectivity index (χ2n) is 8.60. The quantitative estimate of drug-likeness (QED) is 0.465. The first-order valence-electron chi connectivity index (χ1n) is 11.2. The monoisotopic (exact) mass is 430 g/mol. The summed E-state index contributed by atoms with van der Waals surface area (Å²) < 4.78 is 11.9. The van der Waals surface area contributed by atoms with Crippen LogP contribution in [0.5, 0.6) is 0 Å². The average Bonchev–Trinajstić information content (AvgIpc) is 3.18. The maximum Gasteiger partial charge on any atom is 0.339 e. The van der Waals surface area contributed by atoms with E-state index in [1.807, 2.05) is 26.0 Å². The lowest BCUT2D eigenvalue weighted by atomic mass is 9.93. The van der Waals surface area contributed by atoms with Crippen LogP contribution in [0.4, 0.5) is 0 Å². The van der Waals surface area contributed by atoms with Gasteiger partial charge in [-0.2, -0.15) is 0 Å². The molecule has 1 N–H and O–H groups in total. The Kier molecular flexibility index (Phi) is 5.29. The lowest BCUT2D eigenvalue weighted by molar-refractivity contribution is -0.121. The number of benzene rings is 1. The summed E-state index contributed by atoms with van der Waals surface area (Å²) in [5.41, 5.74) is 5.56. The highest BCUT2D eigenvalue weighted by molar-refractivity contribution is 6.00. The number of rotatable bonds is 5. The summed E-state index contributed by atoms with van der Waals surface area (Å²) >= 11 is 0. The van der Waals surface area contributed by atoms with E-state index in [1.54, 1.807) is 12.4 Å². The fourth-order valence-corrected chi connectivity index (χ4v) is 4.74. The molecule has 164 valence electrons. The fourth-order valence-electron chi connectivity index (χ4n) is 4.74. The molecule has 0 spiro atoms. The molecule has 1 aliphatic rings. The number of aryl methyl sites for hydroxylation is 4. The Morgan fingerprint density at radius 2 is 1.91 bits per heavy atom. The topological polar surface area (TPSA) is 85.3 Å². The van der Waals surface area contributed by atoms with Crippen LogP contribution in [0.3, 0.4) is 0 Å². The molecule has 1 aliphatic carbocycles. The number of aromatic nitrogens is 1. The van der Waals surface area contributed by atoms with Crippen LogP contribution in [0.25, 0.3) is 21.9 Å². The molecule has 3 aromatic heterocycles. The van der Waals surface area contributed by atoms with Crippen LogP contribution in [0.15, 0.2) is 44.2 Å². The van der Waals surface area contributed by atoms with Crippen LogP contribution in [0.1, 0.15) is 52.8 Å². The van der Waals surface area contributed by atoms with Crippen molar-refractivity contribution in [2.24, 2.45) is 0 Å². The predicted octanol–water partition coefficient (Wildman–Crippen LogP) is 4.68. The second kappa shape index (κ2) is 8.26. The number of carbonyl (C=O) groups is 1. The molecule has 0 unspecified atom stereocenters. The number of fused-ring (bicyclic) bond motifs is 4. The molecule has 0 fully saturated rings. The minimum absolute atomic E-state index is 0.108. The number of hydrogen-bond donors (Lipinski definition) is 1. The van der Waals surface area contributed by atoms with E-state index in [4.69, 9.17) is 8.83 Å². The Balaban J connectivity index is 1.44. The summed E-state index contributed by atoms with van der Waals surface area (Å²) in [5.74, 6) is 0.957. The third-order valence-electron chi connectivity index (χ3n) is 6.54. The number of pyridine rings is 1. The van der Waals surface area contributed by atoms with E-state index >= 15 is 0 Å². The molecule has 5 rings (SSSR count). The molecular formula is C26H26N2O4. The van der Waals surface area contributed by atoms with Gasteiger partial charge in [0.15, 0.2) is 0 Å². The van der Waals surface area contributed by atoms with Gasteiger partial charge in [-0.25, -0.2) is 4.79 Å². The molecule has 32 heavy (non-hydrogen) atoms. The molecule has 3 heterocycles. The van der Waals surface area contributed by atoms with Crippen molar-refractivity contribution in [3.8, 4) is 0 Å². The van der Waals surface area contributed by atoms with Gasteiger partial charge in [0.1, 0.15) is 16.9 Å². The third kappa shape index (κ3) is 3.60. The Bertz CT molecular complexity index is 1380. The van der Waals surface area contributed by atoms with Gasteiger partial charge in [-0.05, 0) is 62.8 Å². The van der Waals surface area contributed by atoms with E-state index in [9.17, 15) is 9.59 Å². The molecule has 4 aromatic rings. The van der Waals surface area contributed by atoms with E-state index in [0.29, 0.717) is 24.1 Å². The number of carbonyl (C=O) groups excluding carboxylic acids is 1. The van der Waals surface area contributed by atoms with E-state index in [-0.39, 0.29) is 18.0 Å². The smallest absolute Gasteiger partial charge is 0.339 e. The first-order chi connectivity index (χ1) is 15.5. The van der Waals surface area contributed by atoms with Gasteiger partial charge in [-0.15, -0.1) is 0 Å². The van der Waals surface area contributed by atoms with E-state index < -0.39 is 0 Å². The number of amides is 1. The minimum atomic E-state index is -0.381. The van der Waals surface area contributed by atoms with Crippen LogP contribution in [-0.2, 0) is 30.6 Å². The van der Waals surface area contributed by atoms with Crippen LogP contribution in [-0.4, -0.2) is 10.9 Å². The van der Waals surface area contributed by atoms with Gasteiger partial charge in [-0.1, -0.05) is 6.07 Å². The molecule has 0 saturated heterocycles. The van der Waals surface area contributed by atoms with Crippen molar-refractivity contribution in [3.63, 3.8) is 0 Å². The molecule has 0 saturated carbocycles. The molecule has 6 nitrogen and oxygen atoms in total. The number of nitrogens with zero attached hydrogens (tertiary/aromatic N) is 1. The lowest BCUT2D eigenvalue weighted by Gasteiger charge is -2.11. The summed E-state index contributed by atoms with van der Waals surface area (Å²) in [6, 6.07) is 5.85. The lowest BCUT2D eigenvalue weighted by Crippen LogP contribution is -2.24. The summed E-state index contributed by atoms with van der Waals surface area (Å²) in [5, 5.41) is 4.94. The zero-order valence-electron chi connectivity index (χ0n) is 18.4. The molecule has 0 radical (unpaired) electrons. The molecule has 1 amide bonds. The minimum Gasteiger partial charge on any atom is -0.460 e. The Labute approximate surface area is 185 Å². The predicted molar refractivity (Wildman–Crippen MR) is 123 cm³/mol. The molecule has 1 aromatic carbocycles. The van der Waals surface area contributed by atoms with Crippen molar-refractivity contribution in [1.82, 2.24) is 10.3 Å². The maximum atomic E-state index is 12.8. The molecular weight excluding hydrogens is 404 g/mol. The maximum absolute atomic E-state index is 12.8. The van der Waals surface area contributed by atoms with Crippen LogP contribution < -0.4 is 10.9 Å². The van der Waals surface area contributed by atoms with Crippen molar-refractivity contribution in [3.05, 3.63) is 74.6 Å². The second-order valence-corrected chi connectivity index (χ2v) is 8.60. The summed E-state index contributed by atoms with van der Waals surface area (Å²) in [6.45, 7) is 4.31. The number of furan rings is 1. The van der Waals surface area contributed by atoms with E-state index in [2.05, 4.69) is 16.4 Å². The average molecular weight is 431 g/mol. The highest BCUT2D eigenvalue weighted by Gasteiger charge is 2.23. The van der Waals surface area contributed by atoms with Gasteiger partial charge in [0.25, 0.3) is 0 Å². The van der Waals surface area contributed by atoms with Gasteiger partial charge in [-0.3, -0.25) is 9.78 Å². The molecule has 0 atom stereocenters. The van der Waals surface area contributed by atoms with Crippen LogP contribution in [0, 0.1) is 13.8 Å². The number of nitrogens with one attached hydrogen (secondary N) is 1.